The molecule has 4 aromatic heterocycles. The Hall–Kier alpha value is -3.97. The number of nitrogens with one attached hydrogen (secondary N) is 1. The first kappa shape index (κ1) is 20.9. The van der Waals surface area contributed by atoms with Crippen LogP contribution in [0.1, 0.15) is 34.6 Å². The first-order chi connectivity index (χ1) is 16.1. The number of carbonyl (C=O) groups excluding carboxylic acids is 1. The number of amides is 1. The van der Waals surface area contributed by atoms with E-state index in [9.17, 15) is 4.79 Å². The van der Waals surface area contributed by atoms with E-state index in [0.717, 1.165) is 16.9 Å². The van der Waals surface area contributed by atoms with Crippen LogP contribution in [-0.2, 0) is 6.54 Å². The Balaban J connectivity index is 1.56. The summed E-state index contributed by atoms with van der Waals surface area (Å²) in [7, 11) is 0. The zero-order chi connectivity index (χ0) is 22.8. The van der Waals surface area contributed by atoms with Crippen molar-refractivity contribution in [2.75, 3.05) is 0 Å². The van der Waals surface area contributed by atoms with Crippen LogP contribution in [0.25, 0.3) is 22.3 Å². The number of halogens is 1. The van der Waals surface area contributed by atoms with Gasteiger partial charge in [0.2, 0.25) is 0 Å². The first-order valence-corrected chi connectivity index (χ1v) is 10.8. The second kappa shape index (κ2) is 8.88. The average molecular weight is 458 g/mol. The van der Waals surface area contributed by atoms with Crippen molar-refractivity contribution < 1.29 is 9.21 Å². The maximum absolute atomic E-state index is 13.4. The van der Waals surface area contributed by atoms with Gasteiger partial charge in [0.1, 0.15) is 12.3 Å². The fourth-order valence-electron chi connectivity index (χ4n) is 3.70. The maximum atomic E-state index is 13.4. The van der Waals surface area contributed by atoms with Crippen molar-refractivity contribution in [2.45, 2.75) is 19.5 Å². The third-order valence-electron chi connectivity index (χ3n) is 5.39. The molecule has 1 N–H and O–H groups in total. The van der Waals surface area contributed by atoms with E-state index in [4.69, 9.17) is 21.0 Å². The minimum atomic E-state index is -0.237. The number of benzene rings is 1. The summed E-state index contributed by atoms with van der Waals surface area (Å²) in [5.74, 6) is 0.520. The van der Waals surface area contributed by atoms with Gasteiger partial charge in [0.05, 0.1) is 35.1 Å². The van der Waals surface area contributed by atoms with Crippen LogP contribution >= 0.6 is 11.6 Å². The lowest BCUT2D eigenvalue weighted by Gasteiger charge is -2.16. The molecule has 0 fully saturated rings. The van der Waals surface area contributed by atoms with E-state index in [-0.39, 0.29) is 11.9 Å². The Labute approximate surface area is 195 Å². The molecule has 0 radical (unpaired) electrons. The molecule has 0 saturated heterocycles. The number of aromatic nitrogens is 4. The van der Waals surface area contributed by atoms with Gasteiger partial charge < -0.3 is 9.73 Å². The zero-order valence-corrected chi connectivity index (χ0v) is 18.5. The Bertz CT molecular complexity index is 1410. The highest BCUT2D eigenvalue weighted by Crippen LogP contribution is 2.26. The molecule has 0 aliphatic rings. The Morgan fingerprint density at radius 2 is 2.06 bits per heavy atom. The van der Waals surface area contributed by atoms with Crippen molar-refractivity contribution in [1.29, 1.82) is 0 Å². The second-order valence-corrected chi connectivity index (χ2v) is 8.10. The third kappa shape index (κ3) is 4.36. The Kier molecular flexibility index (Phi) is 5.62. The van der Waals surface area contributed by atoms with Gasteiger partial charge in [-0.3, -0.25) is 9.78 Å². The number of furan rings is 1. The molecule has 0 spiro atoms. The number of fused-ring (bicyclic) bond motifs is 1. The van der Waals surface area contributed by atoms with Crippen molar-refractivity contribution in [3.63, 3.8) is 0 Å². The quantitative estimate of drug-likeness (QED) is 0.375. The van der Waals surface area contributed by atoms with E-state index in [2.05, 4.69) is 15.4 Å². The van der Waals surface area contributed by atoms with Gasteiger partial charge in [-0.05, 0) is 55.0 Å². The van der Waals surface area contributed by atoms with E-state index >= 15 is 0 Å². The summed E-state index contributed by atoms with van der Waals surface area (Å²) in [5.41, 5.74) is 3.44. The summed E-state index contributed by atoms with van der Waals surface area (Å²) in [6, 6.07) is 16.4. The monoisotopic (exact) mass is 457 g/mol. The molecule has 0 bridgehead atoms. The maximum Gasteiger partial charge on any atom is 0.252 e. The standard InChI is InChI=1S/C25H20ClN5O2/c1-16(17-5-2-7-19(26)11-17)29-25(32)21-12-23(18-6-3-9-27-13-18)30-24-22(21)14-28-31(24)15-20-8-4-10-33-20/h2-14,16H,15H2,1H3,(H,29,32)/t16-/m0/s1. The first-order valence-electron chi connectivity index (χ1n) is 10.4. The number of nitrogens with zero attached hydrogens (tertiary/aromatic N) is 4. The molecule has 5 rings (SSSR count). The lowest BCUT2D eigenvalue weighted by atomic mass is 10.1. The van der Waals surface area contributed by atoms with Crippen LogP contribution in [0.2, 0.25) is 5.02 Å². The normalized spacial score (nSPS) is 12.1. The van der Waals surface area contributed by atoms with Crippen LogP contribution in [0.3, 0.4) is 0 Å². The van der Waals surface area contributed by atoms with Crippen LogP contribution in [0.15, 0.2) is 83.9 Å². The van der Waals surface area contributed by atoms with Gasteiger partial charge in [-0.2, -0.15) is 5.10 Å². The van der Waals surface area contributed by atoms with Gasteiger partial charge in [-0.25, -0.2) is 9.67 Å². The number of carbonyl (C=O) groups is 1. The molecule has 1 atom stereocenters. The number of pyridine rings is 2. The molecule has 1 aromatic carbocycles. The van der Waals surface area contributed by atoms with Gasteiger partial charge in [0, 0.05) is 23.0 Å². The summed E-state index contributed by atoms with van der Waals surface area (Å²) in [6.45, 7) is 2.32. The van der Waals surface area contributed by atoms with E-state index in [1.807, 2.05) is 49.4 Å². The van der Waals surface area contributed by atoms with Gasteiger partial charge in [-0.1, -0.05) is 23.7 Å². The van der Waals surface area contributed by atoms with Crippen molar-refractivity contribution in [3.8, 4) is 11.3 Å². The summed E-state index contributed by atoms with van der Waals surface area (Å²) < 4.78 is 7.20. The average Bonchev–Trinajstić information content (AvgIpc) is 3.49. The molecular weight excluding hydrogens is 438 g/mol. The van der Waals surface area contributed by atoms with Crippen LogP contribution in [0, 0.1) is 0 Å². The van der Waals surface area contributed by atoms with Crippen LogP contribution in [0.5, 0.6) is 0 Å². The topological polar surface area (TPSA) is 85.8 Å². The SMILES string of the molecule is C[C@H](NC(=O)c1cc(-c2cccnc2)nc2c1cnn2Cc1ccco1)c1cccc(Cl)c1. The third-order valence-corrected chi connectivity index (χ3v) is 5.63. The molecule has 0 aliphatic carbocycles. The lowest BCUT2D eigenvalue weighted by Crippen LogP contribution is -2.27. The molecule has 0 aliphatic heterocycles. The van der Waals surface area contributed by atoms with Crippen molar-refractivity contribution >= 4 is 28.5 Å². The van der Waals surface area contributed by atoms with Crippen LogP contribution in [-0.4, -0.2) is 25.7 Å². The highest BCUT2D eigenvalue weighted by atomic mass is 35.5. The van der Waals surface area contributed by atoms with Gasteiger partial charge in [-0.15, -0.1) is 0 Å². The molecule has 164 valence electrons. The van der Waals surface area contributed by atoms with E-state index in [0.29, 0.717) is 33.9 Å². The number of hydrogen-bond acceptors (Lipinski definition) is 5. The van der Waals surface area contributed by atoms with Crippen molar-refractivity contribution in [2.24, 2.45) is 0 Å². The smallest absolute Gasteiger partial charge is 0.252 e. The molecule has 1 amide bonds. The van der Waals surface area contributed by atoms with Crippen molar-refractivity contribution in [3.05, 3.63) is 101 Å². The number of rotatable bonds is 6. The summed E-state index contributed by atoms with van der Waals surface area (Å²) in [5, 5.41) is 8.83. The van der Waals surface area contributed by atoms with E-state index < -0.39 is 0 Å². The highest BCUT2D eigenvalue weighted by molar-refractivity contribution is 6.30. The summed E-state index contributed by atoms with van der Waals surface area (Å²) in [4.78, 5) is 22.4. The molecular formula is C25H20ClN5O2. The van der Waals surface area contributed by atoms with Crippen molar-refractivity contribution in [1.82, 2.24) is 25.1 Å². The van der Waals surface area contributed by atoms with Crippen LogP contribution in [0.4, 0.5) is 0 Å². The zero-order valence-electron chi connectivity index (χ0n) is 17.8. The fraction of sp³-hybridized carbons (Fsp3) is 0.120. The van der Waals surface area contributed by atoms with Crippen LogP contribution < -0.4 is 5.32 Å². The fourth-order valence-corrected chi connectivity index (χ4v) is 3.90. The molecule has 4 heterocycles. The Morgan fingerprint density at radius 1 is 1.15 bits per heavy atom. The minimum Gasteiger partial charge on any atom is -0.467 e. The minimum absolute atomic E-state index is 0.224. The van der Waals surface area contributed by atoms with E-state index in [1.165, 1.54) is 0 Å². The van der Waals surface area contributed by atoms with Gasteiger partial charge >= 0.3 is 0 Å². The van der Waals surface area contributed by atoms with Gasteiger partial charge in [0.25, 0.3) is 5.91 Å². The largest absolute Gasteiger partial charge is 0.467 e. The second-order valence-electron chi connectivity index (χ2n) is 7.67. The highest BCUT2D eigenvalue weighted by Gasteiger charge is 2.20. The summed E-state index contributed by atoms with van der Waals surface area (Å²) >= 11 is 6.12. The number of hydrogen-bond donors (Lipinski definition) is 1. The molecule has 33 heavy (non-hydrogen) atoms. The lowest BCUT2D eigenvalue weighted by molar-refractivity contribution is 0.0941. The predicted molar refractivity (Wildman–Crippen MR) is 126 cm³/mol. The molecule has 0 saturated carbocycles. The molecule has 0 unspecified atom stereocenters. The Morgan fingerprint density at radius 3 is 2.82 bits per heavy atom. The summed E-state index contributed by atoms with van der Waals surface area (Å²) in [6.07, 6.45) is 6.70. The van der Waals surface area contributed by atoms with Gasteiger partial charge in [0.15, 0.2) is 5.65 Å². The van der Waals surface area contributed by atoms with E-state index in [1.54, 1.807) is 41.7 Å². The molecule has 7 nitrogen and oxygen atoms in total. The predicted octanol–water partition coefficient (Wildman–Crippen LogP) is 5.28. The molecule has 5 aromatic rings. The molecule has 8 heteroatoms.